The van der Waals surface area contributed by atoms with Gasteiger partial charge in [-0.2, -0.15) is 18.3 Å². The van der Waals surface area contributed by atoms with Gasteiger partial charge in [-0.25, -0.2) is 0 Å². The van der Waals surface area contributed by atoms with Gasteiger partial charge in [0.05, 0.1) is 23.5 Å². The Morgan fingerprint density at radius 2 is 1.88 bits per heavy atom. The van der Waals surface area contributed by atoms with Crippen molar-refractivity contribution in [2.45, 2.75) is 11.1 Å². The summed E-state index contributed by atoms with van der Waals surface area (Å²) in [6.45, 7) is 0.666. The van der Waals surface area contributed by atoms with Crippen LogP contribution in [0.4, 0.5) is 18.9 Å². The zero-order valence-corrected chi connectivity index (χ0v) is 13.9. The van der Waals surface area contributed by atoms with E-state index in [1.165, 1.54) is 12.1 Å². The maximum Gasteiger partial charge on any atom is 0.416 e. The van der Waals surface area contributed by atoms with Crippen molar-refractivity contribution in [3.63, 3.8) is 0 Å². The van der Waals surface area contributed by atoms with E-state index < -0.39 is 11.7 Å². The number of thioether (sulfide) groups is 1. The highest BCUT2D eigenvalue weighted by Crippen LogP contribution is 2.39. The maximum atomic E-state index is 12.7. The molecule has 0 saturated carbocycles. The van der Waals surface area contributed by atoms with Crippen LogP contribution in [0.25, 0.3) is 0 Å². The van der Waals surface area contributed by atoms with E-state index in [9.17, 15) is 13.2 Å². The quantitative estimate of drug-likeness (QED) is 0.678. The van der Waals surface area contributed by atoms with Gasteiger partial charge in [0.2, 0.25) is 0 Å². The van der Waals surface area contributed by atoms with E-state index in [0.29, 0.717) is 17.3 Å². The molecule has 0 saturated heterocycles. The number of anilines is 1. The van der Waals surface area contributed by atoms with Gasteiger partial charge in [-0.05, 0) is 42.5 Å². The Balaban J connectivity index is 1.66. The summed E-state index contributed by atoms with van der Waals surface area (Å²) in [5.74, 6) is 1.16. The zero-order chi connectivity index (χ0) is 16.9. The van der Waals surface area contributed by atoms with Crippen LogP contribution in [-0.2, 0) is 6.18 Å². The van der Waals surface area contributed by atoms with E-state index >= 15 is 0 Å². The Hall–Kier alpha value is -1.66. The van der Waals surface area contributed by atoms with Crippen molar-refractivity contribution in [3.05, 3.63) is 58.6 Å². The predicted molar refractivity (Wildman–Crippen MR) is 91.0 cm³/mol. The lowest BCUT2D eigenvalue weighted by molar-refractivity contribution is -0.137. The molecule has 2 aromatic carbocycles. The Labute approximate surface area is 146 Å². The van der Waals surface area contributed by atoms with Crippen LogP contribution in [0.2, 0.25) is 5.02 Å². The van der Waals surface area contributed by atoms with E-state index in [4.69, 9.17) is 11.6 Å². The first-order valence-corrected chi connectivity index (χ1v) is 8.74. The third kappa shape index (κ3) is 2.78. The van der Waals surface area contributed by atoms with Crippen molar-refractivity contribution in [2.24, 2.45) is 11.0 Å². The van der Waals surface area contributed by atoms with Gasteiger partial charge >= 0.3 is 6.18 Å². The molecule has 24 heavy (non-hydrogen) atoms. The van der Waals surface area contributed by atoms with E-state index in [1.54, 1.807) is 16.8 Å². The van der Waals surface area contributed by atoms with Crippen LogP contribution < -0.4 is 5.01 Å². The lowest BCUT2D eigenvalue weighted by Gasteiger charge is -2.21. The minimum absolute atomic E-state index is 0.253. The smallest absolute Gasteiger partial charge is 0.265 e. The number of hydrogen-bond acceptors (Lipinski definition) is 3. The monoisotopic (exact) mass is 368 g/mol. The average Bonchev–Trinajstić information content (AvgIpc) is 2.99. The number of benzene rings is 2. The normalized spacial score (nSPS) is 19.8. The van der Waals surface area contributed by atoms with Crippen LogP contribution in [0.1, 0.15) is 11.1 Å². The number of rotatable bonds is 1. The van der Waals surface area contributed by atoms with Gasteiger partial charge in [-0.15, -0.1) is 11.8 Å². The second-order valence-corrected chi connectivity index (χ2v) is 7.26. The first-order valence-electron chi connectivity index (χ1n) is 7.38. The fraction of sp³-hybridized carbons (Fsp3) is 0.235. The van der Waals surface area contributed by atoms with Crippen molar-refractivity contribution in [2.75, 3.05) is 17.3 Å². The van der Waals surface area contributed by atoms with Crippen molar-refractivity contribution in [1.82, 2.24) is 0 Å². The number of alkyl halides is 3. The number of fused-ring (bicyclic) bond motifs is 3. The zero-order valence-electron chi connectivity index (χ0n) is 12.3. The molecule has 2 aliphatic rings. The highest BCUT2D eigenvalue weighted by atomic mass is 35.5. The molecule has 0 aliphatic carbocycles. The molecule has 0 spiro atoms. The summed E-state index contributed by atoms with van der Waals surface area (Å²) in [5.41, 5.74) is 2.01. The average molecular weight is 369 g/mol. The van der Waals surface area contributed by atoms with Gasteiger partial charge < -0.3 is 0 Å². The lowest BCUT2D eigenvalue weighted by Crippen LogP contribution is -2.24. The summed E-state index contributed by atoms with van der Waals surface area (Å²) < 4.78 is 38.1. The second-order valence-electron chi connectivity index (χ2n) is 5.76. The summed E-state index contributed by atoms with van der Waals surface area (Å²) in [4.78, 5) is 1.14. The third-order valence-corrected chi connectivity index (χ3v) is 5.63. The SMILES string of the molecule is FC(F)(F)c1ccc(N2CC3CSc4ccc(Cl)cc4C3=N2)cc1. The van der Waals surface area contributed by atoms with Crippen LogP contribution in [0, 0.1) is 5.92 Å². The van der Waals surface area contributed by atoms with Crippen LogP contribution in [0.3, 0.4) is 0 Å². The van der Waals surface area contributed by atoms with Crippen LogP contribution in [0.5, 0.6) is 0 Å². The second kappa shape index (κ2) is 5.70. The summed E-state index contributed by atoms with van der Waals surface area (Å²) >= 11 is 7.86. The lowest BCUT2D eigenvalue weighted by atomic mass is 9.98. The Bertz CT molecular complexity index is 818. The third-order valence-electron chi connectivity index (χ3n) is 4.16. The highest BCUT2D eigenvalue weighted by Gasteiger charge is 2.34. The van der Waals surface area contributed by atoms with Gasteiger partial charge in [0.1, 0.15) is 0 Å². The predicted octanol–water partition coefficient (Wildman–Crippen LogP) is 5.31. The number of hydrazone groups is 1. The molecule has 0 radical (unpaired) electrons. The first kappa shape index (κ1) is 15.8. The summed E-state index contributed by atoms with van der Waals surface area (Å²) in [7, 11) is 0. The largest absolute Gasteiger partial charge is 0.416 e. The van der Waals surface area contributed by atoms with E-state index in [0.717, 1.165) is 34.1 Å². The minimum Gasteiger partial charge on any atom is -0.265 e. The number of halogens is 4. The van der Waals surface area contributed by atoms with Crippen LogP contribution >= 0.6 is 23.4 Å². The van der Waals surface area contributed by atoms with Gasteiger partial charge in [0, 0.05) is 27.2 Å². The molecule has 4 rings (SSSR count). The molecule has 0 N–H and O–H groups in total. The van der Waals surface area contributed by atoms with E-state index in [-0.39, 0.29) is 5.92 Å². The minimum atomic E-state index is -4.32. The number of nitrogens with zero attached hydrogens (tertiary/aromatic N) is 2. The topological polar surface area (TPSA) is 15.6 Å². The molecule has 1 unspecified atom stereocenters. The van der Waals surface area contributed by atoms with Gasteiger partial charge in [-0.1, -0.05) is 11.6 Å². The van der Waals surface area contributed by atoms with Crippen LogP contribution in [0.15, 0.2) is 52.5 Å². The molecule has 0 bridgehead atoms. The molecule has 0 amide bonds. The molecule has 7 heteroatoms. The summed E-state index contributed by atoms with van der Waals surface area (Å²) in [6.07, 6.45) is -4.32. The van der Waals surface area contributed by atoms with Gasteiger partial charge in [-0.3, -0.25) is 5.01 Å². The Morgan fingerprint density at radius 3 is 2.58 bits per heavy atom. The molecule has 2 heterocycles. The van der Waals surface area contributed by atoms with Crippen molar-refractivity contribution in [1.29, 1.82) is 0 Å². The highest BCUT2D eigenvalue weighted by molar-refractivity contribution is 7.99. The number of hydrogen-bond donors (Lipinski definition) is 0. The molecule has 2 aromatic rings. The molecule has 0 fully saturated rings. The van der Waals surface area contributed by atoms with E-state index in [1.807, 2.05) is 18.2 Å². The Morgan fingerprint density at radius 1 is 1.12 bits per heavy atom. The van der Waals surface area contributed by atoms with Crippen molar-refractivity contribution >= 4 is 34.8 Å². The maximum absolute atomic E-state index is 12.7. The molecular formula is C17H12ClF3N2S. The summed E-state index contributed by atoms with van der Waals surface area (Å²) in [6, 6.07) is 10.9. The Kier molecular flexibility index (Phi) is 3.77. The molecule has 2 nitrogen and oxygen atoms in total. The van der Waals surface area contributed by atoms with E-state index in [2.05, 4.69) is 5.10 Å². The standard InChI is InChI=1S/C17H12ClF3N2S/c18-12-3-6-15-14(7-12)16-10(9-24-15)8-23(22-16)13-4-1-11(2-5-13)17(19,20)21/h1-7,10H,8-9H2. The molecule has 0 aromatic heterocycles. The molecular weight excluding hydrogens is 357 g/mol. The first-order chi connectivity index (χ1) is 11.4. The van der Waals surface area contributed by atoms with Crippen LogP contribution in [-0.4, -0.2) is 18.0 Å². The summed E-state index contributed by atoms with van der Waals surface area (Å²) in [5, 5.41) is 7.08. The molecule has 124 valence electrons. The van der Waals surface area contributed by atoms with Gasteiger partial charge in [0.15, 0.2) is 0 Å². The molecule has 1 atom stereocenters. The van der Waals surface area contributed by atoms with Crippen molar-refractivity contribution in [3.8, 4) is 0 Å². The fourth-order valence-corrected chi connectivity index (χ4v) is 4.26. The fourth-order valence-electron chi connectivity index (χ4n) is 2.96. The van der Waals surface area contributed by atoms with Gasteiger partial charge in [0.25, 0.3) is 0 Å². The molecule has 2 aliphatic heterocycles. The van der Waals surface area contributed by atoms with Crippen molar-refractivity contribution < 1.29 is 13.2 Å².